The highest BCUT2D eigenvalue weighted by Crippen LogP contribution is 2.14. The molecule has 74 valence electrons. The van der Waals surface area contributed by atoms with Crippen LogP contribution in [-0.4, -0.2) is 6.10 Å². The molecule has 0 saturated heterocycles. The summed E-state index contributed by atoms with van der Waals surface area (Å²) in [6, 6.07) is 0. The van der Waals surface area contributed by atoms with Gasteiger partial charge in [0.15, 0.2) is 0 Å². The van der Waals surface area contributed by atoms with Gasteiger partial charge >= 0.3 is 0 Å². The molecular formula is C12H20O. The van der Waals surface area contributed by atoms with Crippen molar-refractivity contribution in [1.82, 2.24) is 0 Å². The lowest BCUT2D eigenvalue weighted by atomic mass is 10.2. The minimum Gasteiger partial charge on any atom is -0.491 e. The Morgan fingerprint density at radius 2 is 2.15 bits per heavy atom. The summed E-state index contributed by atoms with van der Waals surface area (Å²) in [7, 11) is 0. The molecule has 13 heavy (non-hydrogen) atoms. The summed E-state index contributed by atoms with van der Waals surface area (Å²) in [6.07, 6.45) is 7.02. The summed E-state index contributed by atoms with van der Waals surface area (Å²) in [5.41, 5.74) is 1.12. The molecule has 0 rings (SSSR count). The molecule has 1 unspecified atom stereocenters. The van der Waals surface area contributed by atoms with Crippen LogP contribution in [-0.2, 0) is 4.74 Å². The Morgan fingerprint density at radius 1 is 1.54 bits per heavy atom. The Bertz CT molecular complexity index is 211. The van der Waals surface area contributed by atoms with E-state index in [9.17, 15) is 0 Å². The summed E-state index contributed by atoms with van der Waals surface area (Å²) in [4.78, 5) is 0. The number of ether oxygens (including phenoxy) is 1. The molecular weight excluding hydrogens is 160 g/mol. The fourth-order valence-corrected chi connectivity index (χ4v) is 0.948. The Morgan fingerprint density at radius 3 is 2.54 bits per heavy atom. The zero-order valence-electron chi connectivity index (χ0n) is 9.13. The first-order valence-corrected chi connectivity index (χ1v) is 4.78. The number of hydrogen-bond acceptors (Lipinski definition) is 1. The number of rotatable bonds is 5. The molecule has 0 bridgehead atoms. The average molecular weight is 180 g/mol. The summed E-state index contributed by atoms with van der Waals surface area (Å²) in [5, 5.41) is 0. The van der Waals surface area contributed by atoms with Crippen molar-refractivity contribution in [1.29, 1.82) is 0 Å². The molecule has 1 atom stereocenters. The van der Waals surface area contributed by atoms with E-state index in [1.54, 1.807) is 6.08 Å². The van der Waals surface area contributed by atoms with Crippen molar-refractivity contribution < 1.29 is 4.74 Å². The first-order chi connectivity index (χ1) is 6.15. The zero-order chi connectivity index (χ0) is 10.3. The molecule has 0 saturated carbocycles. The lowest BCUT2D eigenvalue weighted by Gasteiger charge is -2.15. The van der Waals surface area contributed by atoms with Crippen LogP contribution in [0.1, 0.15) is 34.1 Å². The van der Waals surface area contributed by atoms with Crippen LogP contribution in [0.25, 0.3) is 0 Å². The standard InChI is InChI=1S/C12H20O/c1-6-9-10(4)12(8-3)13-11(5)7-2/h6,8-9,11H,1,7H2,2-5H3/b10-9+,12-8+. The topological polar surface area (TPSA) is 9.23 Å². The molecule has 0 aromatic carbocycles. The van der Waals surface area contributed by atoms with Gasteiger partial charge in [0.05, 0.1) is 6.10 Å². The molecule has 0 fully saturated rings. The van der Waals surface area contributed by atoms with E-state index in [1.807, 2.05) is 26.0 Å². The van der Waals surface area contributed by atoms with Gasteiger partial charge in [-0.3, -0.25) is 0 Å². The highest BCUT2D eigenvalue weighted by molar-refractivity contribution is 5.26. The third-order valence-electron chi connectivity index (χ3n) is 1.92. The molecule has 0 amide bonds. The van der Waals surface area contributed by atoms with Gasteiger partial charge in [-0.1, -0.05) is 25.7 Å². The van der Waals surface area contributed by atoms with Crippen LogP contribution in [0, 0.1) is 0 Å². The summed E-state index contributed by atoms with van der Waals surface area (Å²) in [5.74, 6) is 0.953. The monoisotopic (exact) mass is 180 g/mol. The first kappa shape index (κ1) is 12.0. The lowest BCUT2D eigenvalue weighted by molar-refractivity contribution is 0.134. The Balaban J connectivity index is 4.36. The Kier molecular flexibility index (Phi) is 6.03. The molecule has 0 aromatic heterocycles. The largest absolute Gasteiger partial charge is 0.491 e. The summed E-state index contributed by atoms with van der Waals surface area (Å²) in [6.45, 7) is 11.9. The molecule has 0 spiro atoms. The van der Waals surface area contributed by atoms with E-state index in [0.29, 0.717) is 0 Å². The number of hydrogen-bond donors (Lipinski definition) is 0. The van der Waals surface area contributed by atoms with Crippen molar-refractivity contribution in [2.45, 2.75) is 40.2 Å². The minimum atomic E-state index is 0.277. The Labute approximate surface area is 81.8 Å². The van der Waals surface area contributed by atoms with E-state index in [4.69, 9.17) is 4.74 Å². The second kappa shape index (κ2) is 6.53. The average Bonchev–Trinajstić information content (AvgIpc) is 2.14. The fourth-order valence-electron chi connectivity index (χ4n) is 0.948. The van der Waals surface area contributed by atoms with Gasteiger partial charge in [-0.25, -0.2) is 0 Å². The first-order valence-electron chi connectivity index (χ1n) is 4.78. The van der Waals surface area contributed by atoms with Crippen LogP contribution in [0.15, 0.2) is 36.1 Å². The van der Waals surface area contributed by atoms with Crippen molar-refractivity contribution in [3.8, 4) is 0 Å². The van der Waals surface area contributed by atoms with Gasteiger partial charge in [-0.05, 0) is 38.8 Å². The van der Waals surface area contributed by atoms with Gasteiger partial charge in [0.25, 0.3) is 0 Å². The lowest BCUT2D eigenvalue weighted by Crippen LogP contribution is -2.06. The van der Waals surface area contributed by atoms with Gasteiger partial charge in [-0.2, -0.15) is 0 Å². The van der Waals surface area contributed by atoms with Crippen LogP contribution in [0.4, 0.5) is 0 Å². The Hall–Kier alpha value is -0.980. The van der Waals surface area contributed by atoms with E-state index in [2.05, 4.69) is 20.4 Å². The van der Waals surface area contributed by atoms with Crippen LogP contribution in [0.5, 0.6) is 0 Å². The van der Waals surface area contributed by atoms with Crippen molar-refractivity contribution >= 4 is 0 Å². The smallest absolute Gasteiger partial charge is 0.118 e. The summed E-state index contributed by atoms with van der Waals surface area (Å²) >= 11 is 0. The maximum Gasteiger partial charge on any atom is 0.118 e. The normalized spacial score (nSPS) is 15.4. The minimum absolute atomic E-state index is 0.277. The van der Waals surface area contributed by atoms with Crippen LogP contribution in [0.3, 0.4) is 0 Å². The quantitative estimate of drug-likeness (QED) is 0.461. The fraction of sp³-hybridized carbons (Fsp3) is 0.500. The second-order valence-electron chi connectivity index (χ2n) is 3.08. The maximum atomic E-state index is 5.71. The van der Waals surface area contributed by atoms with Gasteiger partial charge < -0.3 is 4.74 Å². The van der Waals surface area contributed by atoms with Gasteiger partial charge in [0.1, 0.15) is 5.76 Å². The molecule has 0 N–H and O–H groups in total. The van der Waals surface area contributed by atoms with Crippen molar-refractivity contribution in [3.05, 3.63) is 36.1 Å². The van der Waals surface area contributed by atoms with E-state index in [1.165, 1.54) is 0 Å². The molecule has 0 radical (unpaired) electrons. The van der Waals surface area contributed by atoms with E-state index in [0.717, 1.165) is 17.8 Å². The maximum absolute atomic E-state index is 5.71. The predicted molar refractivity (Wildman–Crippen MR) is 58.5 cm³/mol. The van der Waals surface area contributed by atoms with Crippen molar-refractivity contribution in [2.75, 3.05) is 0 Å². The van der Waals surface area contributed by atoms with Crippen LogP contribution in [0.2, 0.25) is 0 Å². The third kappa shape index (κ3) is 4.56. The molecule has 0 aliphatic heterocycles. The zero-order valence-corrected chi connectivity index (χ0v) is 9.13. The van der Waals surface area contributed by atoms with Crippen LogP contribution >= 0.6 is 0 Å². The number of allylic oxidation sites excluding steroid dienone is 4. The molecule has 1 heteroatoms. The van der Waals surface area contributed by atoms with E-state index < -0.39 is 0 Å². The van der Waals surface area contributed by atoms with E-state index in [-0.39, 0.29) is 6.10 Å². The highest BCUT2D eigenvalue weighted by atomic mass is 16.5. The van der Waals surface area contributed by atoms with Gasteiger partial charge in [-0.15, -0.1) is 0 Å². The van der Waals surface area contributed by atoms with Crippen molar-refractivity contribution in [3.63, 3.8) is 0 Å². The molecule has 0 heterocycles. The third-order valence-corrected chi connectivity index (χ3v) is 1.92. The molecule has 1 nitrogen and oxygen atoms in total. The second-order valence-corrected chi connectivity index (χ2v) is 3.08. The highest BCUT2D eigenvalue weighted by Gasteiger charge is 2.03. The SMILES string of the molecule is C=C/C=C(C)/C(=C\C)OC(C)CC. The molecule has 0 aliphatic rings. The van der Waals surface area contributed by atoms with Crippen molar-refractivity contribution in [2.24, 2.45) is 0 Å². The van der Waals surface area contributed by atoms with Crippen LogP contribution < -0.4 is 0 Å². The molecule has 0 aliphatic carbocycles. The molecule has 0 aromatic rings. The van der Waals surface area contributed by atoms with Gasteiger partial charge in [0, 0.05) is 0 Å². The summed E-state index contributed by atoms with van der Waals surface area (Å²) < 4.78 is 5.71. The van der Waals surface area contributed by atoms with E-state index >= 15 is 0 Å². The van der Waals surface area contributed by atoms with Gasteiger partial charge in [0.2, 0.25) is 0 Å². The predicted octanol–water partition coefficient (Wildman–Crippen LogP) is 3.84.